The SMILES string of the molecule is Nc1cc(C(F)(F)F)ccc1-c1ccccc1F. The first-order valence-corrected chi connectivity index (χ1v) is 5.11. The van der Waals surface area contributed by atoms with Gasteiger partial charge in [0, 0.05) is 16.8 Å². The highest BCUT2D eigenvalue weighted by Crippen LogP contribution is 2.35. The molecule has 94 valence electrons. The van der Waals surface area contributed by atoms with E-state index in [0.717, 1.165) is 12.1 Å². The van der Waals surface area contributed by atoms with Gasteiger partial charge in [0.15, 0.2) is 0 Å². The van der Waals surface area contributed by atoms with E-state index in [1.165, 1.54) is 24.3 Å². The quantitative estimate of drug-likeness (QED) is 0.602. The lowest BCUT2D eigenvalue weighted by Crippen LogP contribution is -2.06. The fourth-order valence-corrected chi connectivity index (χ4v) is 1.66. The molecule has 2 rings (SSSR count). The molecule has 0 spiro atoms. The summed E-state index contributed by atoms with van der Waals surface area (Å²) in [7, 11) is 0. The van der Waals surface area contributed by atoms with E-state index in [-0.39, 0.29) is 16.8 Å². The maximum atomic E-state index is 13.5. The van der Waals surface area contributed by atoms with Gasteiger partial charge < -0.3 is 5.73 Å². The van der Waals surface area contributed by atoms with Crippen molar-refractivity contribution in [2.75, 3.05) is 5.73 Å². The molecule has 0 saturated heterocycles. The third-order valence-electron chi connectivity index (χ3n) is 2.54. The van der Waals surface area contributed by atoms with Crippen molar-refractivity contribution < 1.29 is 17.6 Å². The highest BCUT2D eigenvalue weighted by molar-refractivity contribution is 5.77. The van der Waals surface area contributed by atoms with Crippen LogP contribution in [0.15, 0.2) is 42.5 Å². The van der Waals surface area contributed by atoms with Crippen LogP contribution in [0.2, 0.25) is 0 Å². The van der Waals surface area contributed by atoms with E-state index in [0.29, 0.717) is 0 Å². The first-order chi connectivity index (χ1) is 8.39. The Kier molecular flexibility index (Phi) is 2.98. The summed E-state index contributed by atoms with van der Waals surface area (Å²) in [6, 6.07) is 8.66. The predicted octanol–water partition coefficient (Wildman–Crippen LogP) is 4.09. The summed E-state index contributed by atoms with van der Waals surface area (Å²) in [6.45, 7) is 0. The van der Waals surface area contributed by atoms with Gasteiger partial charge >= 0.3 is 6.18 Å². The molecule has 0 fully saturated rings. The molecule has 0 aliphatic heterocycles. The van der Waals surface area contributed by atoms with E-state index >= 15 is 0 Å². The Labute approximate surface area is 101 Å². The van der Waals surface area contributed by atoms with Crippen molar-refractivity contribution in [3.63, 3.8) is 0 Å². The highest BCUT2D eigenvalue weighted by Gasteiger charge is 2.30. The zero-order valence-corrected chi connectivity index (χ0v) is 9.13. The van der Waals surface area contributed by atoms with Crippen LogP contribution in [0.1, 0.15) is 5.56 Å². The van der Waals surface area contributed by atoms with Crippen molar-refractivity contribution in [2.45, 2.75) is 6.18 Å². The monoisotopic (exact) mass is 255 g/mol. The molecule has 0 aromatic heterocycles. The van der Waals surface area contributed by atoms with Gasteiger partial charge in [0.25, 0.3) is 0 Å². The van der Waals surface area contributed by atoms with E-state index in [4.69, 9.17) is 5.73 Å². The summed E-state index contributed by atoms with van der Waals surface area (Å²) in [5.41, 5.74) is 5.04. The number of anilines is 1. The Morgan fingerprint density at radius 3 is 2.11 bits per heavy atom. The largest absolute Gasteiger partial charge is 0.416 e. The minimum absolute atomic E-state index is 0.102. The van der Waals surface area contributed by atoms with Crippen LogP contribution in [0.4, 0.5) is 23.2 Å². The van der Waals surface area contributed by atoms with Gasteiger partial charge in [0.05, 0.1) is 5.56 Å². The lowest BCUT2D eigenvalue weighted by atomic mass is 10.0. The molecular formula is C13H9F4N. The van der Waals surface area contributed by atoms with Gasteiger partial charge in [-0.25, -0.2) is 4.39 Å². The molecule has 0 amide bonds. The molecule has 0 aliphatic rings. The first kappa shape index (κ1) is 12.4. The maximum absolute atomic E-state index is 13.5. The lowest BCUT2D eigenvalue weighted by molar-refractivity contribution is -0.137. The second-order valence-electron chi connectivity index (χ2n) is 3.78. The van der Waals surface area contributed by atoms with Crippen molar-refractivity contribution in [3.8, 4) is 11.1 Å². The molecule has 2 N–H and O–H groups in total. The number of hydrogen-bond acceptors (Lipinski definition) is 1. The molecule has 0 aliphatic carbocycles. The Bertz CT molecular complexity index is 575. The molecule has 5 heteroatoms. The molecule has 1 nitrogen and oxygen atoms in total. The highest BCUT2D eigenvalue weighted by atomic mass is 19.4. The minimum atomic E-state index is -4.46. The zero-order valence-electron chi connectivity index (χ0n) is 9.13. The fourth-order valence-electron chi connectivity index (χ4n) is 1.66. The Morgan fingerprint density at radius 2 is 1.56 bits per heavy atom. The number of alkyl halides is 3. The summed E-state index contributed by atoms with van der Waals surface area (Å²) in [5.74, 6) is -0.524. The third kappa shape index (κ3) is 2.30. The number of nitrogens with two attached hydrogens (primary N) is 1. The topological polar surface area (TPSA) is 26.0 Å². The molecule has 2 aromatic carbocycles. The zero-order chi connectivity index (χ0) is 13.3. The van der Waals surface area contributed by atoms with E-state index in [1.807, 2.05) is 0 Å². The summed E-state index contributed by atoms with van der Waals surface area (Å²) in [5, 5.41) is 0. The number of hydrogen-bond donors (Lipinski definition) is 1. The summed E-state index contributed by atoms with van der Waals surface area (Å²) in [4.78, 5) is 0. The number of benzene rings is 2. The van der Waals surface area contributed by atoms with Crippen LogP contribution in [0.25, 0.3) is 11.1 Å². The Balaban J connectivity index is 2.52. The van der Waals surface area contributed by atoms with E-state index < -0.39 is 17.6 Å². The lowest BCUT2D eigenvalue weighted by Gasteiger charge is -2.11. The minimum Gasteiger partial charge on any atom is -0.398 e. The normalized spacial score (nSPS) is 11.6. The average Bonchev–Trinajstić information content (AvgIpc) is 2.29. The van der Waals surface area contributed by atoms with Gasteiger partial charge in [0.2, 0.25) is 0 Å². The number of halogens is 4. The molecule has 0 saturated carbocycles. The van der Waals surface area contributed by atoms with Gasteiger partial charge in [-0.3, -0.25) is 0 Å². The van der Waals surface area contributed by atoms with Crippen molar-refractivity contribution >= 4 is 5.69 Å². The predicted molar refractivity (Wildman–Crippen MR) is 61.3 cm³/mol. The molecule has 18 heavy (non-hydrogen) atoms. The Hall–Kier alpha value is -2.04. The first-order valence-electron chi connectivity index (χ1n) is 5.11. The molecular weight excluding hydrogens is 246 g/mol. The van der Waals surface area contributed by atoms with E-state index in [2.05, 4.69) is 0 Å². The summed E-state index contributed by atoms with van der Waals surface area (Å²) < 4.78 is 50.9. The van der Waals surface area contributed by atoms with Gasteiger partial charge in [0.1, 0.15) is 5.82 Å². The number of nitrogen functional groups attached to an aromatic ring is 1. The van der Waals surface area contributed by atoms with E-state index in [1.54, 1.807) is 6.07 Å². The maximum Gasteiger partial charge on any atom is 0.416 e. The second-order valence-corrected chi connectivity index (χ2v) is 3.78. The summed E-state index contributed by atoms with van der Waals surface area (Å²) >= 11 is 0. The fraction of sp³-hybridized carbons (Fsp3) is 0.0769. The van der Waals surface area contributed by atoms with Gasteiger partial charge in [-0.2, -0.15) is 13.2 Å². The number of rotatable bonds is 1. The van der Waals surface area contributed by atoms with Crippen LogP contribution in [-0.2, 0) is 6.18 Å². The van der Waals surface area contributed by atoms with Gasteiger partial charge in [-0.1, -0.05) is 24.3 Å². The smallest absolute Gasteiger partial charge is 0.398 e. The third-order valence-corrected chi connectivity index (χ3v) is 2.54. The van der Waals surface area contributed by atoms with Crippen LogP contribution in [0, 0.1) is 5.82 Å². The molecule has 0 atom stereocenters. The van der Waals surface area contributed by atoms with Gasteiger partial charge in [-0.15, -0.1) is 0 Å². The second kappa shape index (κ2) is 4.33. The standard InChI is InChI=1S/C13H9F4N/c14-11-4-2-1-3-9(11)10-6-5-8(7-12(10)18)13(15,16)17/h1-7H,18H2. The van der Waals surface area contributed by atoms with Crippen molar-refractivity contribution in [2.24, 2.45) is 0 Å². The van der Waals surface area contributed by atoms with Gasteiger partial charge in [-0.05, 0) is 18.2 Å². The average molecular weight is 255 g/mol. The molecule has 0 heterocycles. The van der Waals surface area contributed by atoms with Crippen LogP contribution in [0.3, 0.4) is 0 Å². The molecule has 0 radical (unpaired) electrons. The summed E-state index contributed by atoms with van der Waals surface area (Å²) in [6.07, 6.45) is -4.46. The molecule has 2 aromatic rings. The van der Waals surface area contributed by atoms with Crippen LogP contribution >= 0.6 is 0 Å². The van der Waals surface area contributed by atoms with Crippen molar-refractivity contribution in [1.82, 2.24) is 0 Å². The molecule has 0 unspecified atom stereocenters. The van der Waals surface area contributed by atoms with E-state index in [9.17, 15) is 17.6 Å². The Morgan fingerprint density at radius 1 is 0.889 bits per heavy atom. The van der Waals surface area contributed by atoms with Crippen LogP contribution in [-0.4, -0.2) is 0 Å². The van der Waals surface area contributed by atoms with Crippen LogP contribution < -0.4 is 5.73 Å². The van der Waals surface area contributed by atoms with Crippen molar-refractivity contribution in [1.29, 1.82) is 0 Å². The van der Waals surface area contributed by atoms with Crippen molar-refractivity contribution in [3.05, 3.63) is 53.8 Å². The molecule has 0 bridgehead atoms. The van der Waals surface area contributed by atoms with Crippen LogP contribution in [0.5, 0.6) is 0 Å².